The van der Waals surface area contributed by atoms with Crippen LogP contribution in [-0.4, -0.2) is 17.6 Å². The quantitative estimate of drug-likeness (QED) is 0.0791. The fourth-order valence-electron chi connectivity index (χ4n) is 7.22. The Balaban J connectivity index is 1.47. The van der Waals surface area contributed by atoms with E-state index in [1.165, 1.54) is 20.7 Å². The van der Waals surface area contributed by atoms with Crippen molar-refractivity contribution in [2.45, 2.75) is 0 Å². The molecule has 0 spiro atoms. The highest BCUT2D eigenvalue weighted by Crippen LogP contribution is 2.37. The van der Waals surface area contributed by atoms with Gasteiger partial charge in [0.15, 0.2) is 8.07 Å². The molecule has 0 saturated carbocycles. The molecule has 0 radical (unpaired) electrons. The van der Waals surface area contributed by atoms with Crippen LogP contribution < -0.4 is 20.7 Å². The fourth-order valence-corrected chi connectivity index (χ4v) is 12.0. The molecule has 0 amide bonds. The number of hydrogen-bond donors (Lipinski definition) is 0. The minimum Gasteiger partial charge on any atom is -0.309 e. The topological polar surface area (TPSA) is 48.1 Å². The van der Waals surface area contributed by atoms with Crippen molar-refractivity contribution in [2.75, 3.05) is 0 Å². The third-order valence-electron chi connectivity index (χ3n) is 9.25. The van der Waals surface area contributed by atoms with Crippen molar-refractivity contribution in [3.8, 4) is 16.8 Å². The Kier molecular flexibility index (Phi) is 7.08. The second kappa shape index (κ2) is 11.7. The molecular formula is C42H30N2O2Si. The molecular weight excluding hydrogens is 593 g/mol. The van der Waals surface area contributed by atoms with E-state index in [2.05, 4.69) is 150 Å². The lowest BCUT2D eigenvalue weighted by atomic mass is 10.0. The van der Waals surface area contributed by atoms with E-state index in [4.69, 9.17) is 0 Å². The van der Waals surface area contributed by atoms with Gasteiger partial charge >= 0.3 is 0 Å². The third-order valence-corrected chi connectivity index (χ3v) is 14.0. The zero-order valence-corrected chi connectivity index (χ0v) is 26.5. The molecule has 47 heavy (non-hydrogen) atoms. The van der Waals surface area contributed by atoms with E-state index in [0.29, 0.717) is 5.56 Å². The average Bonchev–Trinajstić information content (AvgIpc) is 3.47. The van der Waals surface area contributed by atoms with Crippen LogP contribution in [0, 0.1) is 10.1 Å². The number of fused-ring (bicyclic) bond motifs is 3. The molecule has 8 aromatic rings. The lowest BCUT2D eigenvalue weighted by Gasteiger charge is -2.34. The highest BCUT2D eigenvalue weighted by Gasteiger charge is 2.41. The maximum atomic E-state index is 11.9. The first kappa shape index (κ1) is 28.4. The van der Waals surface area contributed by atoms with E-state index in [1.54, 1.807) is 12.1 Å². The molecule has 1 aromatic heterocycles. The summed E-state index contributed by atoms with van der Waals surface area (Å²) in [6.45, 7) is 0. The summed E-state index contributed by atoms with van der Waals surface area (Å²) in [5.41, 5.74) is 4.75. The van der Waals surface area contributed by atoms with Crippen LogP contribution in [0.4, 0.5) is 5.69 Å². The van der Waals surface area contributed by atoms with Gasteiger partial charge < -0.3 is 4.57 Å². The molecule has 224 valence electrons. The summed E-state index contributed by atoms with van der Waals surface area (Å²) in [6.07, 6.45) is 0. The molecule has 0 aliphatic carbocycles. The molecule has 0 bridgehead atoms. The van der Waals surface area contributed by atoms with Crippen LogP contribution in [0.5, 0.6) is 0 Å². The molecule has 0 fully saturated rings. The molecule has 0 unspecified atom stereocenters. The monoisotopic (exact) mass is 622 g/mol. The second-order valence-electron chi connectivity index (χ2n) is 11.8. The van der Waals surface area contributed by atoms with Gasteiger partial charge in [-0.25, -0.2) is 0 Å². The van der Waals surface area contributed by atoms with Gasteiger partial charge in [0.05, 0.1) is 21.5 Å². The van der Waals surface area contributed by atoms with Gasteiger partial charge in [0.2, 0.25) is 0 Å². The number of hydrogen-bond acceptors (Lipinski definition) is 2. The Hall–Kier alpha value is -6.04. The van der Waals surface area contributed by atoms with Crippen LogP contribution in [0.2, 0.25) is 0 Å². The standard InChI is InChI=1S/C42H30N2O2Si/c45-44(46)41-24-14-13-23-37(41)31-25-28-40-39(29-31)38-27-26-36(30-42(38)43(40)32-15-5-1-6-16-32)47(33-17-7-2-8-18-33,34-19-9-3-10-20-34)35-21-11-4-12-22-35/h1-30H. The first-order valence-corrected chi connectivity index (χ1v) is 17.7. The van der Waals surface area contributed by atoms with Crippen molar-refractivity contribution in [2.24, 2.45) is 0 Å². The SMILES string of the molecule is O=[N+]([O-])c1ccccc1-c1ccc2c(c1)c1ccc([Si](c3ccccc3)(c3ccccc3)c3ccccc3)cc1n2-c1ccccc1. The zero-order valence-electron chi connectivity index (χ0n) is 25.5. The lowest BCUT2D eigenvalue weighted by molar-refractivity contribution is -0.384. The highest BCUT2D eigenvalue weighted by atomic mass is 28.3. The number of benzene rings is 7. The fraction of sp³-hybridized carbons (Fsp3) is 0. The largest absolute Gasteiger partial charge is 0.309 e. The van der Waals surface area contributed by atoms with Gasteiger partial charge in [-0.2, -0.15) is 0 Å². The second-order valence-corrected chi connectivity index (χ2v) is 15.6. The number of nitro benzene ring substituents is 1. The van der Waals surface area contributed by atoms with Crippen molar-refractivity contribution in [3.05, 3.63) is 192 Å². The number of nitrogens with zero attached hydrogens (tertiary/aromatic N) is 2. The first-order chi connectivity index (χ1) is 23.2. The number of nitro groups is 1. The van der Waals surface area contributed by atoms with Crippen LogP contribution in [0.25, 0.3) is 38.6 Å². The maximum Gasteiger partial charge on any atom is 0.277 e. The summed E-state index contributed by atoms with van der Waals surface area (Å²) in [7, 11) is -2.76. The Morgan fingerprint density at radius 2 is 1.00 bits per heavy atom. The molecule has 7 aromatic carbocycles. The smallest absolute Gasteiger partial charge is 0.277 e. The van der Waals surface area contributed by atoms with Crippen molar-refractivity contribution in [3.63, 3.8) is 0 Å². The van der Waals surface area contributed by atoms with Crippen LogP contribution >= 0.6 is 0 Å². The molecule has 0 aliphatic heterocycles. The van der Waals surface area contributed by atoms with Crippen LogP contribution in [0.3, 0.4) is 0 Å². The molecule has 0 atom stereocenters. The Bertz CT molecular complexity index is 2280. The molecule has 1 heterocycles. The third kappa shape index (κ3) is 4.68. The number of aromatic nitrogens is 1. The van der Waals surface area contributed by atoms with Crippen molar-refractivity contribution in [1.29, 1.82) is 0 Å². The summed E-state index contributed by atoms with van der Waals surface area (Å²) in [6, 6.07) is 63.4. The van der Waals surface area contributed by atoms with E-state index < -0.39 is 8.07 Å². The van der Waals surface area contributed by atoms with Gasteiger partial charge in [0, 0.05) is 22.5 Å². The number of rotatable bonds is 7. The Labute approximate surface area is 274 Å². The van der Waals surface area contributed by atoms with E-state index in [-0.39, 0.29) is 10.6 Å². The van der Waals surface area contributed by atoms with Crippen molar-refractivity contribution < 1.29 is 4.92 Å². The molecule has 0 N–H and O–H groups in total. The maximum absolute atomic E-state index is 11.9. The zero-order chi connectivity index (χ0) is 31.8. The minimum absolute atomic E-state index is 0.102. The van der Waals surface area contributed by atoms with E-state index in [0.717, 1.165) is 33.1 Å². The van der Waals surface area contributed by atoms with Gasteiger partial charge in [-0.3, -0.25) is 10.1 Å². The molecule has 0 aliphatic rings. The Morgan fingerprint density at radius 3 is 1.57 bits per heavy atom. The normalized spacial score (nSPS) is 11.6. The molecule has 0 saturated heterocycles. The van der Waals surface area contributed by atoms with Gasteiger partial charge in [0.1, 0.15) is 0 Å². The number of para-hydroxylation sites is 2. The summed E-state index contributed by atoms with van der Waals surface area (Å²) in [4.78, 5) is 11.6. The Morgan fingerprint density at radius 1 is 0.468 bits per heavy atom. The van der Waals surface area contributed by atoms with Gasteiger partial charge in [-0.15, -0.1) is 0 Å². The van der Waals surface area contributed by atoms with Crippen LogP contribution in [0.1, 0.15) is 0 Å². The molecule has 4 nitrogen and oxygen atoms in total. The summed E-state index contributed by atoms with van der Waals surface area (Å²) in [5, 5.41) is 19.3. The van der Waals surface area contributed by atoms with E-state index >= 15 is 0 Å². The van der Waals surface area contributed by atoms with Crippen LogP contribution in [0.15, 0.2) is 182 Å². The van der Waals surface area contributed by atoms with Crippen molar-refractivity contribution in [1.82, 2.24) is 4.57 Å². The lowest BCUT2D eigenvalue weighted by Crippen LogP contribution is -2.74. The predicted octanol–water partition coefficient (Wildman–Crippen LogP) is 7.74. The van der Waals surface area contributed by atoms with E-state index in [9.17, 15) is 10.1 Å². The van der Waals surface area contributed by atoms with Gasteiger partial charge in [-0.1, -0.05) is 140 Å². The minimum atomic E-state index is -2.76. The van der Waals surface area contributed by atoms with Gasteiger partial charge in [-0.05, 0) is 62.7 Å². The highest BCUT2D eigenvalue weighted by molar-refractivity contribution is 7.20. The van der Waals surface area contributed by atoms with Crippen molar-refractivity contribution >= 4 is 56.3 Å². The van der Waals surface area contributed by atoms with Crippen LogP contribution in [-0.2, 0) is 0 Å². The predicted molar refractivity (Wildman–Crippen MR) is 196 cm³/mol. The first-order valence-electron chi connectivity index (χ1n) is 15.7. The molecule has 5 heteroatoms. The molecule has 8 rings (SSSR count). The average molecular weight is 623 g/mol. The summed E-state index contributed by atoms with van der Waals surface area (Å²) < 4.78 is 2.33. The summed E-state index contributed by atoms with van der Waals surface area (Å²) in [5.74, 6) is 0. The van der Waals surface area contributed by atoms with E-state index in [1.807, 2.05) is 24.3 Å². The van der Waals surface area contributed by atoms with Gasteiger partial charge in [0.25, 0.3) is 5.69 Å². The summed E-state index contributed by atoms with van der Waals surface area (Å²) >= 11 is 0.